The maximum atomic E-state index is 12.2. The standard InChI is InChI=1S/C20H17BrN4O2/c21-17-4-2-15(3-5-17)19-7-6-18(27-19)12-16(13-22)20(26)24-8-1-10-25-11-9-23-14-25/h2-7,9,11-12,14H,1,8,10H2,(H,24,26)/b16-12-. The zero-order valence-electron chi connectivity index (χ0n) is 14.4. The van der Waals surface area contributed by atoms with Crippen LogP contribution in [-0.2, 0) is 11.3 Å². The van der Waals surface area contributed by atoms with Crippen LogP contribution in [0.5, 0.6) is 0 Å². The molecule has 0 aliphatic rings. The van der Waals surface area contributed by atoms with Gasteiger partial charge in [0.25, 0.3) is 5.91 Å². The van der Waals surface area contributed by atoms with Gasteiger partial charge in [0.15, 0.2) is 0 Å². The Morgan fingerprint density at radius 1 is 1.30 bits per heavy atom. The van der Waals surface area contributed by atoms with Gasteiger partial charge in [0.2, 0.25) is 0 Å². The van der Waals surface area contributed by atoms with E-state index < -0.39 is 5.91 Å². The van der Waals surface area contributed by atoms with Crippen LogP contribution in [0.15, 0.2) is 69.6 Å². The fraction of sp³-hybridized carbons (Fsp3) is 0.150. The molecule has 3 aromatic rings. The second-order valence-corrected chi connectivity index (χ2v) is 6.70. The van der Waals surface area contributed by atoms with Gasteiger partial charge < -0.3 is 14.3 Å². The number of carbonyl (C=O) groups excluding carboxylic acids is 1. The summed E-state index contributed by atoms with van der Waals surface area (Å²) in [6, 6.07) is 13.2. The highest BCUT2D eigenvalue weighted by molar-refractivity contribution is 9.10. The predicted molar refractivity (Wildman–Crippen MR) is 105 cm³/mol. The number of halogens is 1. The van der Waals surface area contributed by atoms with Crippen LogP contribution in [-0.4, -0.2) is 22.0 Å². The van der Waals surface area contributed by atoms with Gasteiger partial charge >= 0.3 is 0 Å². The number of aryl methyl sites for hydroxylation is 1. The lowest BCUT2D eigenvalue weighted by molar-refractivity contribution is -0.117. The van der Waals surface area contributed by atoms with Gasteiger partial charge in [-0.15, -0.1) is 0 Å². The summed E-state index contributed by atoms with van der Waals surface area (Å²) in [5, 5.41) is 12.0. The molecule has 1 aromatic carbocycles. The van der Waals surface area contributed by atoms with Crippen LogP contribution in [0, 0.1) is 11.3 Å². The number of nitriles is 1. The van der Waals surface area contributed by atoms with Crippen molar-refractivity contribution in [3.05, 3.63) is 70.9 Å². The lowest BCUT2D eigenvalue weighted by atomic mass is 10.2. The molecule has 7 heteroatoms. The molecule has 0 saturated carbocycles. The number of hydrogen-bond acceptors (Lipinski definition) is 4. The van der Waals surface area contributed by atoms with E-state index in [9.17, 15) is 10.1 Å². The molecule has 1 amide bonds. The quantitative estimate of drug-likeness (QED) is 0.352. The molecule has 27 heavy (non-hydrogen) atoms. The van der Waals surface area contributed by atoms with E-state index >= 15 is 0 Å². The molecule has 2 aromatic heterocycles. The molecular formula is C20H17BrN4O2. The van der Waals surface area contributed by atoms with Crippen molar-refractivity contribution in [2.75, 3.05) is 6.54 Å². The summed E-state index contributed by atoms with van der Waals surface area (Å²) in [4.78, 5) is 16.1. The van der Waals surface area contributed by atoms with Crippen molar-refractivity contribution in [3.63, 3.8) is 0 Å². The van der Waals surface area contributed by atoms with Gasteiger partial charge in [-0.2, -0.15) is 5.26 Å². The molecule has 0 bridgehead atoms. The van der Waals surface area contributed by atoms with Crippen LogP contribution < -0.4 is 5.32 Å². The summed E-state index contributed by atoms with van der Waals surface area (Å²) in [6.07, 6.45) is 7.49. The topological polar surface area (TPSA) is 83.9 Å². The fourth-order valence-electron chi connectivity index (χ4n) is 2.47. The van der Waals surface area contributed by atoms with Gasteiger partial charge in [0.1, 0.15) is 23.2 Å². The second-order valence-electron chi connectivity index (χ2n) is 5.79. The first-order chi connectivity index (χ1) is 13.2. The highest BCUT2D eigenvalue weighted by atomic mass is 79.9. The molecule has 0 atom stereocenters. The number of rotatable bonds is 7. The first-order valence-corrected chi connectivity index (χ1v) is 9.16. The zero-order chi connectivity index (χ0) is 19.1. The third-order valence-corrected chi connectivity index (χ3v) is 4.37. The number of nitrogens with one attached hydrogen (secondary N) is 1. The number of benzene rings is 1. The minimum Gasteiger partial charge on any atom is -0.457 e. The fourth-order valence-corrected chi connectivity index (χ4v) is 2.73. The minimum atomic E-state index is -0.412. The van der Waals surface area contributed by atoms with Crippen molar-refractivity contribution < 1.29 is 9.21 Å². The maximum Gasteiger partial charge on any atom is 0.262 e. The Morgan fingerprint density at radius 2 is 2.11 bits per heavy atom. The summed E-state index contributed by atoms with van der Waals surface area (Å²) in [7, 11) is 0. The molecule has 0 unspecified atom stereocenters. The SMILES string of the molecule is N#C/C(=C/c1ccc(-c2ccc(Br)cc2)o1)C(=O)NCCCn1ccnc1. The smallest absolute Gasteiger partial charge is 0.262 e. The number of furan rings is 1. The molecule has 2 heterocycles. The lowest BCUT2D eigenvalue weighted by Gasteiger charge is -2.04. The lowest BCUT2D eigenvalue weighted by Crippen LogP contribution is -2.26. The normalized spacial score (nSPS) is 11.2. The summed E-state index contributed by atoms with van der Waals surface area (Å²) in [6.45, 7) is 1.22. The minimum absolute atomic E-state index is 0.00865. The predicted octanol–water partition coefficient (Wildman–Crippen LogP) is 4.02. The van der Waals surface area contributed by atoms with Gasteiger partial charge in [-0.3, -0.25) is 4.79 Å². The number of amides is 1. The van der Waals surface area contributed by atoms with E-state index in [4.69, 9.17) is 4.42 Å². The van der Waals surface area contributed by atoms with E-state index in [1.165, 1.54) is 6.08 Å². The highest BCUT2D eigenvalue weighted by Gasteiger charge is 2.10. The molecule has 1 N–H and O–H groups in total. The molecule has 0 aliphatic carbocycles. The van der Waals surface area contributed by atoms with E-state index in [0.29, 0.717) is 18.1 Å². The molecule has 136 valence electrons. The van der Waals surface area contributed by atoms with Crippen molar-refractivity contribution >= 4 is 27.9 Å². The third kappa shape index (κ3) is 5.19. The van der Waals surface area contributed by atoms with E-state index in [1.807, 2.05) is 47.2 Å². The molecule has 0 spiro atoms. The largest absolute Gasteiger partial charge is 0.457 e. The van der Waals surface area contributed by atoms with Crippen LogP contribution >= 0.6 is 15.9 Å². The van der Waals surface area contributed by atoms with Crippen LogP contribution in [0.4, 0.5) is 0 Å². The summed E-state index contributed by atoms with van der Waals surface area (Å²) in [5.41, 5.74) is 0.926. The van der Waals surface area contributed by atoms with Gasteiger partial charge in [-0.25, -0.2) is 4.98 Å². The van der Waals surface area contributed by atoms with Crippen molar-refractivity contribution in [2.45, 2.75) is 13.0 Å². The summed E-state index contributed by atoms with van der Waals surface area (Å²) in [5.74, 6) is 0.717. The van der Waals surface area contributed by atoms with Crippen molar-refractivity contribution in [1.29, 1.82) is 5.26 Å². The number of aromatic nitrogens is 2. The molecule has 0 saturated heterocycles. The van der Waals surface area contributed by atoms with E-state index in [0.717, 1.165) is 23.0 Å². The number of hydrogen-bond donors (Lipinski definition) is 1. The van der Waals surface area contributed by atoms with Crippen LogP contribution in [0.25, 0.3) is 17.4 Å². The number of imidazole rings is 1. The molecule has 6 nitrogen and oxygen atoms in total. The monoisotopic (exact) mass is 424 g/mol. The third-order valence-electron chi connectivity index (χ3n) is 3.85. The Balaban J connectivity index is 1.59. The van der Waals surface area contributed by atoms with Gasteiger partial charge in [0.05, 0.1) is 6.33 Å². The van der Waals surface area contributed by atoms with Crippen LogP contribution in [0.3, 0.4) is 0 Å². The van der Waals surface area contributed by atoms with Crippen LogP contribution in [0.2, 0.25) is 0 Å². The first-order valence-electron chi connectivity index (χ1n) is 8.37. The van der Waals surface area contributed by atoms with Gasteiger partial charge in [0, 0.05) is 41.6 Å². The average molecular weight is 425 g/mol. The van der Waals surface area contributed by atoms with Crippen molar-refractivity contribution in [2.24, 2.45) is 0 Å². The summed E-state index contributed by atoms with van der Waals surface area (Å²) >= 11 is 3.39. The van der Waals surface area contributed by atoms with E-state index in [2.05, 4.69) is 26.2 Å². The maximum absolute atomic E-state index is 12.2. The number of nitrogens with zero attached hydrogens (tertiary/aromatic N) is 3. The Labute approximate surface area is 165 Å². The van der Waals surface area contributed by atoms with E-state index in [1.54, 1.807) is 18.6 Å². The average Bonchev–Trinajstić information content (AvgIpc) is 3.36. The Bertz CT molecular complexity index is 966. The summed E-state index contributed by atoms with van der Waals surface area (Å²) < 4.78 is 8.64. The van der Waals surface area contributed by atoms with Crippen LogP contribution in [0.1, 0.15) is 12.2 Å². The Hall–Kier alpha value is -3.11. The van der Waals surface area contributed by atoms with E-state index in [-0.39, 0.29) is 5.57 Å². The molecular weight excluding hydrogens is 408 g/mol. The van der Waals surface area contributed by atoms with Gasteiger partial charge in [-0.05, 0) is 30.7 Å². The van der Waals surface area contributed by atoms with Crippen molar-refractivity contribution in [1.82, 2.24) is 14.9 Å². The Kier molecular flexibility index (Phi) is 6.23. The van der Waals surface area contributed by atoms with Gasteiger partial charge in [-0.1, -0.05) is 28.1 Å². The second kappa shape index (κ2) is 9.01. The molecule has 3 rings (SSSR count). The zero-order valence-corrected chi connectivity index (χ0v) is 16.0. The Morgan fingerprint density at radius 3 is 2.81 bits per heavy atom. The first kappa shape index (κ1) is 18.7. The molecule has 0 radical (unpaired) electrons. The van der Waals surface area contributed by atoms with Crippen molar-refractivity contribution in [3.8, 4) is 17.4 Å². The molecule has 0 fully saturated rings. The molecule has 0 aliphatic heterocycles. The number of carbonyl (C=O) groups is 1. The highest BCUT2D eigenvalue weighted by Crippen LogP contribution is 2.25.